The number of ether oxygens (including phenoxy) is 1. The van der Waals surface area contributed by atoms with Gasteiger partial charge in [-0.3, -0.25) is 4.79 Å². The van der Waals surface area contributed by atoms with E-state index in [2.05, 4.69) is 86.1 Å². The van der Waals surface area contributed by atoms with E-state index in [-0.39, 0.29) is 11.3 Å². The number of carbonyl (C=O) groups is 1. The van der Waals surface area contributed by atoms with Crippen LogP contribution in [0.25, 0.3) is 11.0 Å². The zero-order valence-corrected chi connectivity index (χ0v) is 24.0. The van der Waals surface area contributed by atoms with Gasteiger partial charge in [-0.1, -0.05) is 75.7 Å². The molecule has 0 unspecified atom stereocenters. The second-order valence-electron chi connectivity index (χ2n) is 11.4. The lowest BCUT2D eigenvalue weighted by molar-refractivity contribution is -0.120. The minimum absolute atomic E-state index is 0.0958. The van der Waals surface area contributed by atoms with Crippen molar-refractivity contribution in [1.29, 1.82) is 0 Å². The standard InChI is InChI=1S/C34H43N3O2/c1-26-13-7-8-14-27(26)25-33(38)35-22-11-5-6-17-32-36-30-15-9-10-16-31(30)37(32)23-12-24-39-29-20-18-28(19-21-29)34(2,3)4/h7-10,13-16,18-21H,5-6,11-12,17,22-25H2,1-4H3,(H,35,38). The molecule has 0 fully saturated rings. The highest BCUT2D eigenvalue weighted by Crippen LogP contribution is 2.24. The van der Waals surface area contributed by atoms with Crippen molar-refractivity contribution in [2.24, 2.45) is 0 Å². The third-order valence-electron chi connectivity index (χ3n) is 7.26. The van der Waals surface area contributed by atoms with Crippen molar-refractivity contribution in [3.05, 3.63) is 95.3 Å². The van der Waals surface area contributed by atoms with Gasteiger partial charge in [-0.25, -0.2) is 4.98 Å². The second kappa shape index (κ2) is 13.5. The molecule has 0 aliphatic heterocycles. The molecule has 3 aromatic carbocycles. The van der Waals surface area contributed by atoms with Crippen LogP contribution >= 0.6 is 0 Å². The van der Waals surface area contributed by atoms with Crippen LogP contribution in [0.2, 0.25) is 0 Å². The lowest BCUT2D eigenvalue weighted by atomic mass is 9.87. The predicted molar refractivity (Wildman–Crippen MR) is 160 cm³/mol. The predicted octanol–water partition coefficient (Wildman–Crippen LogP) is 7.18. The zero-order valence-electron chi connectivity index (χ0n) is 24.0. The van der Waals surface area contributed by atoms with Crippen molar-refractivity contribution in [2.75, 3.05) is 13.2 Å². The topological polar surface area (TPSA) is 56.2 Å². The number of fused-ring (bicyclic) bond motifs is 1. The Morgan fingerprint density at radius 1 is 0.897 bits per heavy atom. The Hall–Kier alpha value is -3.60. The Morgan fingerprint density at radius 3 is 2.41 bits per heavy atom. The minimum Gasteiger partial charge on any atom is -0.494 e. The van der Waals surface area contributed by atoms with Crippen molar-refractivity contribution in [1.82, 2.24) is 14.9 Å². The van der Waals surface area contributed by atoms with E-state index < -0.39 is 0 Å². The zero-order chi connectivity index (χ0) is 27.7. The van der Waals surface area contributed by atoms with E-state index in [9.17, 15) is 4.79 Å². The van der Waals surface area contributed by atoms with Gasteiger partial charge in [-0.15, -0.1) is 0 Å². The maximum atomic E-state index is 12.3. The number of nitrogens with zero attached hydrogens (tertiary/aromatic N) is 2. The molecule has 0 radical (unpaired) electrons. The first-order valence-electron chi connectivity index (χ1n) is 14.3. The summed E-state index contributed by atoms with van der Waals surface area (Å²) in [5.74, 6) is 2.15. The first kappa shape index (κ1) is 28.4. The van der Waals surface area contributed by atoms with Crippen LogP contribution in [-0.2, 0) is 29.6 Å². The normalized spacial score (nSPS) is 11.6. The van der Waals surface area contributed by atoms with Crippen molar-refractivity contribution in [2.45, 2.75) is 78.2 Å². The summed E-state index contributed by atoms with van der Waals surface area (Å²) in [6.07, 6.45) is 5.38. The van der Waals surface area contributed by atoms with Gasteiger partial charge in [0, 0.05) is 19.5 Å². The summed E-state index contributed by atoms with van der Waals surface area (Å²) < 4.78 is 8.40. The number of aryl methyl sites for hydroxylation is 3. The highest BCUT2D eigenvalue weighted by atomic mass is 16.5. The fraction of sp³-hybridized carbons (Fsp3) is 0.412. The molecular weight excluding hydrogens is 482 g/mol. The van der Waals surface area contributed by atoms with Gasteiger partial charge in [0.2, 0.25) is 5.91 Å². The van der Waals surface area contributed by atoms with Crippen LogP contribution in [0.3, 0.4) is 0 Å². The monoisotopic (exact) mass is 525 g/mol. The Balaban J connectivity index is 1.22. The molecule has 0 saturated carbocycles. The van der Waals surface area contributed by atoms with Crippen molar-refractivity contribution >= 4 is 16.9 Å². The molecule has 1 N–H and O–H groups in total. The highest BCUT2D eigenvalue weighted by molar-refractivity contribution is 5.78. The molecule has 1 aromatic heterocycles. The van der Waals surface area contributed by atoms with Gasteiger partial charge >= 0.3 is 0 Å². The molecule has 4 rings (SSSR count). The maximum absolute atomic E-state index is 12.3. The van der Waals surface area contributed by atoms with Crippen LogP contribution in [-0.4, -0.2) is 28.6 Å². The summed E-state index contributed by atoms with van der Waals surface area (Å²) >= 11 is 0. The number of hydrogen-bond acceptors (Lipinski definition) is 3. The number of aromatic nitrogens is 2. The molecule has 0 aliphatic carbocycles. The number of benzene rings is 3. The van der Waals surface area contributed by atoms with E-state index in [0.29, 0.717) is 13.0 Å². The number of rotatable bonds is 13. The fourth-order valence-corrected chi connectivity index (χ4v) is 4.89. The van der Waals surface area contributed by atoms with Crippen LogP contribution in [0.15, 0.2) is 72.8 Å². The summed E-state index contributed by atoms with van der Waals surface area (Å²) in [5, 5.41) is 3.07. The number of imidazole rings is 1. The van der Waals surface area contributed by atoms with E-state index in [1.54, 1.807) is 0 Å². The van der Waals surface area contributed by atoms with Crippen molar-refractivity contribution in [3.63, 3.8) is 0 Å². The largest absolute Gasteiger partial charge is 0.494 e. The van der Waals surface area contributed by atoms with E-state index in [1.165, 1.54) is 11.1 Å². The first-order chi connectivity index (χ1) is 18.8. The smallest absolute Gasteiger partial charge is 0.224 e. The third kappa shape index (κ3) is 8.19. The molecule has 5 heteroatoms. The minimum atomic E-state index is 0.0958. The molecule has 0 saturated heterocycles. The SMILES string of the molecule is Cc1ccccc1CC(=O)NCCCCCc1nc2ccccc2n1CCCOc1ccc(C(C)(C)C)cc1. The number of nitrogens with one attached hydrogen (secondary N) is 1. The van der Waals surface area contributed by atoms with Crippen LogP contribution < -0.4 is 10.1 Å². The van der Waals surface area contributed by atoms with Gasteiger partial charge < -0.3 is 14.6 Å². The quantitative estimate of drug-likeness (QED) is 0.188. The fourth-order valence-electron chi connectivity index (χ4n) is 4.89. The van der Waals surface area contributed by atoms with Crippen LogP contribution in [0.4, 0.5) is 0 Å². The molecule has 1 amide bonds. The third-order valence-corrected chi connectivity index (χ3v) is 7.26. The van der Waals surface area contributed by atoms with E-state index in [4.69, 9.17) is 9.72 Å². The van der Waals surface area contributed by atoms with Crippen LogP contribution in [0.1, 0.15) is 69.0 Å². The number of para-hydroxylation sites is 2. The number of amides is 1. The average molecular weight is 526 g/mol. The number of hydrogen-bond donors (Lipinski definition) is 1. The van der Waals surface area contributed by atoms with E-state index >= 15 is 0 Å². The molecular formula is C34H43N3O2. The molecule has 39 heavy (non-hydrogen) atoms. The average Bonchev–Trinajstić information content (AvgIpc) is 3.27. The number of carbonyl (C=O) groups excluding carboxylic acids is 1. The molecule has 4 aromatic rings. The Labute approximate surface area is 233 Å². The van der Waals surface area contributed by atoms with Crippen molar-refractivity contribution in [3.8, 4) is 5.75 Å². The molecule has 0 aliphatic rings. The summed E-state index contributed by atoms with van der Waals surface area (Å²) in [5.41, 5.74) is 5.95. The lowest BCUT2D eigenvalue weighted by Crippen LogP contribution is -2.26. The van der Waals surface area contributed by atoms with Crippen molar-refractivity contribution < 1.29 is 9.53 Å². The molecule has 1 heterocycles. The first-order valence-corrected chi connectivity index (χ1v) is 14.3. The Kier molecular flexibility index (Phi) is 9.80. The van der Waals surface area contributed by atoms with Gasteiger partial charge in [-0.05, 0) is 72.6 Å². The summed E-state index contributed by atoms with van der Waals surface area (Å²) in [7, 11) is 0. The lowest BCUT2D eigenvalue weighted by Gasteiger charge is -2.19. The van der Waals surface area contributed by atoms with Gasteiger partial charge in [0.25, 0.3) is 0 Å². The van der Waals surface area contributed by atoms with Gasteiger partial charge in [0.05, 0.1) is 24.1 Å². The Bertz CT molecular complexity index is 1350. The molecule has 5 nitrogen and oxygen atoms in total. The van der Waals surface area contributed by atoms with E-state index in [1.807, 2.05) is 24.3 Å². The summed E-state index contributed by atoms with van der Waals surface area (Å²) in [4.78, 5) is 17.2. The molecule has 0 atom stereocenters. The van der Waals surface area contributed by atoms with Crippen LogP contribution in [0, 0.1) is 6.92 Å². The summed E-state index contributed by atoms with van der Waals surface area (Å²) in [6, 6.07) is 24.9. The van der Waals surface area contributed by atoms with Crippen LogP contribution in [0.5, 0.6) is 5.75 Å². The summed E-state index contributed by atoms with van der Waals surface area (Å²) in [6.45, 7) is 11.0. The van der Waals surface area contributed by atoms with Gasteiger partial charge in [0.15, 0.2) is 0 Å². The maximum Gasteiger partial charge on any atom is 0.224 e. The van der Waals surface area contributed by atoms with E-state index in [0.717, 1.165) is 73.4 Å². The molecule has 0 spiro atoms. The Morgan fingerprint density at radius 2 is 1.64 bits per heavy atom. The second-order valence-corrected chi connectivity index (χ2v) is 11.4. The highest BCUT2D eigenvalue weighted by Gasteiger charge is 2.13. The van der Waals surface area contributed by atoms with Gasteiger partial charge in [-0.2, -0.15) is 0 Å². The van der Waals surface area contributed by atoms with Gasteiger partial charge in [0.1, 0.15) is 11.6 Å². The molecule has 206 valence electrons. The number of unbranched alkanes of at least 4 members (excludes halogenated alkanes) is 2. The molecule has 0 bridgehead atoms.